The van der Waals surface area contributed by atoms with Crippen LogP contribution >= 0.6 is 0 Å². The first-order valence-electron chi connectivity index (χ1n) is 9.22. The maximum Gasteiger partial charge on any atom is 0.318 e. The van der Waals surface area contributed by atoms with Gasteiger partial charge in [0.05, 0.1) is 32.0 Å². The van der Waals surface area contributed by atoms with Crippen LogP contribution in [-0.4, -0.2) is 62.1 Å². The molecule has 1 aromatic carbocycles. The van der Waals surface area contributed by atoms with Crippen molar-refractivity contribution < 1.29 is 19.0 Å². The van der Waals surface area contributed by atoms with Gasteiger partial charge in [-0.3, -0.25) is 0 Å². The highest BCUT2D eigenvalue weighted by atomic mass is 16.5. The fourth-order valence-corrected chi connectivity index (χ4v) is 4.07. The number of carbonyl (C=O) groups is 1. The molecule has 0 bridgehead atoms. The summed E-state index contributed by atoms with van der Waals surface area (Å²) >= 11 is 0. The highest BCUT2D eigenvalue weighted by molar-refractivity contribution is 5.75. The van der Waals surface area contributed by atoms with Crippen LogP contribution in [-0.2, 0) is 9.47 Å². The van der Waals surface area contributed by atoms with E-state index in [0.29, 0.717) is 26.4 Å². The molecule has 3 aliphatic heterocycles. The third-order valence-corrected chi connectivity index (χ3v) is 5.51. The number of amides is 2. The lowest BCUT2D eigenvalue weighted by Crippen LogP contribution is -2.58. The average molecular weight is 346 g/mol. The van der Waals surface area contributed by atoms with E-state index in [0.717, 1.165) is 25.2 Å². The number of para-hydroxylation sites is 1. The van der Waals surface area contributed by atoms with Gasteiger partial charge >= 0.3 is 6.03 Å². The molecule has 0 saturated carbocycles. The standard InChI is InChI=1S/C19H26N2O4/c1-13(15-11-25-17-6-3-2-5-14(15)17)20-19(22)21-8-10-23-12-16(21)18-7-4-9-24-18/h2-3,5-6,13,15-16,18H,4,7-12H2,1H3,(H,20,22). The third-order valence-electron chi connectivity index (χ3n) is 5.51. The van der Waals surface area contributed by atoms with Gasteiger partial charge in [0.15, 0.2) is 0 Å². The molecule has 2 fully saturated rings. The van der Waals surface area contributed by atoms with E-state index in [2.05, 4.69) is 18.3 Å². The Hall–Kier alpha value is -1.79. The summed E-state index contributed by atoms with van der Waals surface area (Å²) in [5.74, 6) is 1.11. The second-order valence-corrected chi connectivity index (χ2v) is 7.08. The molecule has 2 amide bonds. The molecule has 0 aromatic heterocycles. The first-order valence-corrected chi connectivity index (χ1v) is 9.22. The van der Waals surface area contributed by atoms with E-state index < -0.39 is 0 Å². The molecule has 4 unspecified atom stereocenters. The summed E-state index contributed by atoms with van der Waals surface area (Å²) in [6, 6.07) is 8.05. The predicted octanol–water partition coefficient (Wildman–Crippen LogP) is 2.14. The minimum atomic E-state index is -0.0271. The normalized spacial score (nSPS) is 29.8. The summed E-state index contributed by atoms with van der Waals surface area (Å²) in [7, 11) is 0. The van der Waals surface area contributed by atoms with E-state index in [1.54, 1.807) is 0 Å². The van der Waals surface area contributed by atoms with E-state index >= 15 is 0 Å². The fourth-order valence-electron chi connectivity index (χ4n) is 4.07. The number of nitrogens with one attached hydrogen (secondary N) is 1. The summed E-state index contributed by atoms with van der Waals surface area (Å²) in [6.45, 7) is 5.20. The van der Waals surface area contributed by atoms with Crippen molar-refractivity contribution >= 4 is 6.03 Å². The monoisotopic (exact) mass is 346 g/mol. The molecule has 136 valence electrons. The number of fused-ring (bicyclic) bond motifs is 1. The van der Waals surface area contributed by atoms with Crippen LogP contribution in [0.3, 0.4) is 0 Å². The second-order valence-electron chi connectivity index (χ2n) is 7.08. The van der Waals surface area contributed by atoms with Gasteiger partial charge in [0.25, 0.3) is 0 Å². The van der Waals surface area contributed by atoms with Crippen molar-refractivity contribution in [2.24, 2.45) is 0 Å². The van der Waals surface area contributed by atoms with Crippen LogP contribution in [0.2, 0.25) is 0 Å². The van der Waals surface area contributed by atoms with Crippen molar-refractivity contribution in [1.82, 2.24) is 10.2 Å². The molecule has 0 spiro atoms. The van der Waals surface area contributed by atoms with Gasteiger partial charge in [0.2, 0.25) is 0 Å². The van der Waals surface area contributed by atoms with Gasteiger partial charge in [-0.25, -0.2) is 4.79 Å². The quantitative estimate of drug-likeness (QED) is 0.911. The first-order chi connectivity index (χ1) is 12.2. The molecule has 3 heterocycles. The van der Waals surface area contributed by atoms with E-state index in [4.69, 9.17) is 14.2 Å². The Morgan fingerprint density at radius 2 is 2.16 bits per heavy atom. The molecule has 4 atom stereocenters. The van der Waals surface area contributed by atoms with E-state index in [-0.39, 0.29) is 30.1 Å². The summed E-state index contributed by atoms with van der Waals surface area (Å²) in [5, 5.41) is 3.18. The van der Waals surface area contributed by atoms with Gasteiger partial charge in [-0.2, -0.15) is 0 Å². The summed E-state index contributed by atoms with van der Waals surface area (Å²) in [5.41, 5.74) is 1.17. The summed E-state index contributed by atoms with van der Waals surface area (Å²) in [4.78, 5) is 14.8. The number of ether oxygens (including phenoxy) is 3. The molecule has 3 aliphatic rings. The van der Waals surface area contributed by atoms with Crippen molar-refractivity contribution in [3.8, 4) is 5.75 Å². The average Bonchev–Trinajstić information content (AvgIpc) is 3.31. The van der Waals surface area contributed by atoms with Crippen molar-refractivity contribution in [1.29, 1.82) is 0 Å². The van der Waals surface area contributed by atoms with Crippen LogP contribution in [0.1, 0.15) is 31.2 Å². The first kappa shape index (κ1) is 16.7. The number of carbonyl (C=O) groups excluding carboxylic acids is 1. The van der Waals surface area contributed by atoms with Gasteiger partial charge in [-0.15, -0.1) is 0 Å². The number of nitrogens with zero attached hydrogens (tertiary/aromatic N) is 1. The van der Waals surface area contributed by atoms with Crippen molar-refractivity contribution in [3.63, 3.8) is 0 Å². The molecular formula is C19H26N2O4. The fraction of sp³-hybridized carbons (Fsp3) is 0.632. The molecule has 0 aliphatic carbocycles. The zero-order valence-corrected chi connectivity index (χ0v) is 14.6. The molecule has 2 saturated heterocycles. The Morgan fingerprint density at radius 3 is 3.00 bits per heavy atom. The second kappa shape index (κ2) is 7.22. The number of benzene rings is 1. The summed E-state index contributed by atoms with van der Waals surface area (Å²) < 4.78 is 17.2. The van der Waals surface area contributed by atoms with Crippen LogP contribution < -0.4 is 10.1 Å². The minimum absolute atomic E-state index is 0.00383. The van der Waals surface area contributed by atoms with Crippen LogP contribution in [0, 0.1) is 0 Å². The van der Waals surface area contributed by atoms with Crippen molar-refractivity contribution in [3.05, 3.63) is 29.8 Å². The molecule has 6 heteroatoms. The number of morpholine rings is 1. The SMILES string of the molecule is CC(NC(=O)N1CCOCC1C1CCCO1)C1COc2ccccc21. The summed E-state index contributed by atoms with van der Waals surface area (Å²) in [6.07, 6.45) is 2.15. The molecule has 6 nitrogen and oxygen atoms in total. The number of urea groups is 1. The van der Waals surface area contributed by atoms with Crippen molar-refractivity contribution in [2.75, 3.05) is 33.0 Å². The molecule has 4 rings (SSSR count). The van der Waals surface area contributed by atoms with Crippen LogP contribution in [0.4, 0.5) is 4.79 Å². The predicted molar refractivity (Wildman–Crippen MR) is 93.0 cm³/mol. The van der Waals surface area contributed by atoms with E-state index in [1.807, 2.05) is 23.1 Å². The van der Waals surface area contributed by atoms with Crippen molar-refractivity contribution in [2.45, 2.75) is 43.9 Å². The van der Waals surface area contributed by atoms with E-state index in [9.17, 15) is 4.79 Å². The molecular weight excluding hydrogens is 320 g/mol. The molecule has 25 heavy (non-hydrogen) atoms. The zero-order chi connectivity index (χ0) is 17.2. The lowest BCUT2D eigenvalue weighted by molar-refractivity contribution is -0.0476. The van der Waals surface area contributed by atoms with Crippen LogP contribution in [0.25, 0.3) is 0 Å². The molecule has 0 radical (unpaired) electrons. The lowest BCUT2D eigenvalue weighted by atomic mass is 9.94. The maximum absolute atomic E-state index is 12.9. The minimum Gasteiger partial charge on any atom is -0.493 e. The number of rotatable bonds is 3. The van der Waals surface area contributed by atoms with Gasteiger partial charge < -0.3 is 24.4 Å². The Bertz CT molecular complexity index is 617. The lowest BCUT2D eigenvalue weighted by Gasteiger charge is -2.39. The largest absolute Gasteiger partial charge is 0.493 e. The van der Waals surface area contributed by atoms with Gasteiger partial charge in [0.1, 0.15) is 5.75 Å². The van der Waals surface area contributed by atoms with Crippen LogP contribution in [0.5, 0.6) is 5.75 Å². The zero-order valence-electron chi connectivity index (χ0n) is 14.6. The van der Waals surface area contributed by atoms with Gasteiger partial charge in [0, 0.05) is 30.7 Å². The number of hydrogen-bond donors (Lipinski definition) is 1. The molecule has 1 N–H and O–H groups in total. The van der Waals surface area contributed by atoms with Gasteiger partial charge in [-0.1, -0.05) is 18.2 Å². The smallest absolute Gasteiger partial charge is 0.318 e. The molecule has 1 aromatic rings. The third kappa shape index (κ3) is 3.33. The Morgan fingerprint density at radius 1 is 1.28 bits per heavy atom. The van der Waals surface area contributed by atoms with Gasteiger partial charge in [-0.05, 0) is 25.8 Å². The highest BCUT2D eigenvalue weighted by Gasteiger charge is 2.37. The Labute approximate surface area is 148 Å². The highest BCUT2D eigenvalue weighted by Crippen LogP contribution is 2.35. The maximum atomic E-state index is 12.9. The Kier molecular flexibility index (Phi) is 4.81. The number of hydrogen-bond acceptors (Lipinski definition) is 4. The Balaban J connectivity index is 1.42. The topological polar surface area (TPSA) is 60.0 Å². The van der Waals surface area contributed by atoms with E-state index in [1.165, 1.54) is 5.56 Å². The van der Waals surface area contributed by atoms with Crippen LogP contribution in [0.15, 0.2) is 24.3 Å².